The average Bonchev–Trinajstić information content (AvgIpc) is 2.46. The topological polar surface area (TPSA) is 35.2 Å². The Hall–Kier alpha value is -1.80. The zero-order valence-electron chi connectivity index (χ0n) is 10.7. The van der Waals surface area contributed by atoms with Crippen LogP contribution in [-0.4, -0.2) is 13.7 Å². The molecule has 0 aliphatic heterocycles. The molecule has 0 fully saturated rings. The molecule has 18 heavy (non-hydrogen) atoms. The maximum absolute atomic E-state index is 5.88. The largest absolute Gasteiger partial charge is 0.497 e. The molecule has 0 aliphatic rings. The quantitative estimate of drug-likeness (QED) is 0.873. The number of ether oxygens (including phenoxy) is 1. The lowest BCUT2D eigenvalue weighted by atomic mass is 9.92. The summed E-state index contributed by atoms with van der Waals surface area (Å²) in [5.41, 5.74) is 8.47. The first-order chi connectivity index (χ1) is 8.83. The smallest absolute Gasteiger partial charge is 0.118 e. The second-order valence-corrected chi connectivity index (χ2v) is 4.40. The van der Waals surface area contributed by atoms with E-state index >= 15 is 0 Å². The van der Waals surface area contributed by atoms with Crippen LogP contribution in [0.5, 0.6) is 5.75 Å². The third kappa shape index (κ3) is 3.11. The van der Waals surface area contributed by atoms with Crippen LogP contribution in [-0.2, 0) is 6.42 Å². The van der Waals surface area contributed by atoms with Gasteiger partial charge in [-0.3, -0.25) is 0 Å². The van der Waals surface area contributed by atoms with Gasteiger partial charge in [0.25, 0.3) is 0 Å². The van der Waals surface area contributed by atoms with Crippen LogP contribution < -0.4 is 10.5 Å². The minimum atomic E-state index is 0.375. The van der Waals surface area contributed by atoms with Gasteiger partial charge in [0, 0.05) is 5.92 Å². The monoisotopic (exact) mass is 241 g/mol. The fraction of sp³-hybridized carbons (Fsp3) is 0.250. The third-order valence-electron chi connectivity index (χ3n) is 3.20. The normalized spacial score (nSPS) is 12.1. The zero-order chi connectivity index (χ0) is 12.8. The van der Waals surface area contributed by atoms with Crippen molar-refractivity contribution in [3.05, 3.63) is 65.7 Å². The molecule has 94 valence electrons. The third-order valence-corrected chi connectivity index (χ3v) is 3.20. The molecule has 2 aromatic carbocycles. The van der Waals surface area contributed by atoms with Gasteiger partial charge in [0.1, 0.15) is 5.75 Å². The van der Waals surface area contributed by atoms with Gasteiger partial charge in [-0.2, -0.15) is 0 Å². The molecular weight excluding hydrogens is 222 g/mol. The number of rotatable bonds is 5. The van der Waals surface area contributed by atoms with E-state index in [-0.39, 0.29) is 0 Å². The van der Waals surface area contributed by atoms with Gasteiger partial charge in [-0.1, -0.05) is 42.5 Å². The molecule has 0 amide bonds. The predicted octanol–water partition coefficient (Wildman–Crippen LogP) is 2.98. The summed E-state index contributed by atoms with van der Waals surface area (Å²) in [6.45, 7) is 0.663. The van der Waals surface area contributed by atoms with Crippen LogP contribution in [0.2, 0.25) is 0 Å². The average molecular weight is 241 g/mol. The lowest BCUT2D eigenvalue weighted by Gasteiger charge is -2.15. The first-order valence-corrected chi connectivity index (χ1v) is 6.21. The van der Waals surface area contributed by atoms with E-state index in [0.717, 1.165) is 12.2 Å². The van der Waals surface area contributed by atoms with Gasteiger partial charge >= 0.3 is 0 Å². The number of hydrogen-bond acceptors (Lipinski definition) is 2. The van der Waals surface area contributed by atoms with E-state index in [4.69, 9.17) is 10.5 Å². The van der Waals surface area contributed by atoms with E-state index in [1.807, 2.05) is 18.2 Å². The Morgan fingerprint density at radius 1 is 1.00 bits per heavy atom. The lowest BCUT2D eigenvalue weighted by Crippen LogP contribution is -2.14. The SMILES string of the molecule is COc1ccc(C[C@@H](CN)c2ccccc2)cc1. The molecule has 2 nitrogen and oxygen atoms in total. The Bertz CT molecular complexity index is 464. The maximum atomic E-state index is 5.88. The van der Waals surface area contributed by atoms with Crippen molar-refractivity contribution in [1.82, 2.24) is 0 Å². The Morgan fingerprint density at radius 2 is 1.67 bits per heavy atom. The van der Waals surface area contributed by atoms with Crippen LogP contribution in [0.15, 0.2) is 54.6 Å². The highest BCUT2D eigenvalue weighted by Crippen LogP contribution is 2.21. The van der Waals surface area contributed by atoms with Gasteiger partial charge < -0.3 is 10.5 Å². The fourth-order valence-corrected chi connectivity index (χ4v) is 2.11. The number of methoxy groups -OCH3 is 1. The summed E-state index contributed by atoms with van der Waals surface area (Å²) in [7, 11) is 1.68. The molecule has 1 atom stereocenters. The van der Waals surface area contributed by atoms with Crippen molar-refractivity contribution in [2.75, 3.05) is 13.7 Å². The summed E-state index contributed by atoms with van der Waals surface area (Å²) in [5.74, 6) is 1.27. The van der Waals surface area contributed by atoms with Gasteiger partial charge in [0.15, 0.2) is 0 Å². The van der Waals surface area contributed by atoms with Crippen LogP contribution in [0, 0.1) is 0 Å². The van der Waals surface area contributed by atoms with Crippen molar-refractivity contribution in [1.29, 1.82) is 0 Å². The highest BCUT2D eigenvalue weighted by atomic mass is 16.5. The van der Waals surface area contributed by atoms with E-state index in [0.29, 0.717) is 12.5 Å². The van der Waals surface area contributed by atoms with Gasteiger partial charge in [-0.15, -0.1) is 0 Å². The van der Waals surface area contributed by atoms with Crippen LogP contribution in [0.4, 0.5) is 0 Å². The van der Waals surface area contributed by atoms with Crippen molar-refractivity contribution in [3.63, 3.8) is 0 Å². The standard InChI is InChI=1S/C16H19NO/c1-18-16-9-7-13(8-10-16)11-15(12-17)14-5-3-2-4-6-14/h2-10,15H,11-12,17H2,1H3/t15-/m0/s1. The molecule has 2 rings (SSSR count). The first-order valence-electron chi connectivity index (χ1n) is 6.21. The molecule has 0 saturated heterocycles. The summed E-state index contributed by atoms with van der Waals surface area (Å²) >= 11 is 0. The second-order valence-electron chi connectivity index (χ2n) is 4.40. The van der Waals surface area contributed by atoms with Gasteiger partial charge in [0.05, 0.1) is 7.11 Å². The molecule has 0 aromatic heterocycles. The van der Waals surface area contributed by atoms with Gasteiger partial charge in [-0.05, 0) is 36.2 Å². The van der Waals surface area contributed by atoms with E-state index in [1.165, 1.54) is 11.1 Å². The molecule has 2 aromatic rings. The summed E-state index contributed by atoms with van der Waals surface area (Å²) in [6, 6.07) is 18.6. The molecule has 0 unspecified atom stereocenters. The van der Waals surface area contributed by atoms with E-state index < -0.39 is 0 Å². The minimum absolute atomic E-state index is 0.375. The van der Waals surface area contributed by atoms with Gasteiger partial charge in [0.2, 0.25) is 0 Å². The maximum Gasteiger partial charge on any atom is 0.118 e. The van der Waals surface area contributed by atoms with Gasteiger partial charge in [-0.25, -0.2) is 0 Å². The van der Waals surface area contributed by atoms with Crippen molar-refractivity contribution < 1.29 is 4.74 Å². The molecule has 2 heteroatoms. The minimum Gasteiger partial charge on any atom is -0.497 e. The molecule has 0 spiro atoms. The summed E-state index contributed by atoms with van der Waals surface area (Å²) < 4.78 is 5.16. The molecule has 0 radical (unpaired) electrons. The van der Waals surface area contributed by atoms with Crippen molar-refractivity contribution in [2.24, 2.45) is 5.73 Å². The molecule has 0 heterocycles. The number of nitrogens with two attached hydrogens (primary N) is 1. The Morgan fingerprint density at radius 3 is 2.22 bits per heavy atom. The van der Waals surface area contributed by atoms with Crippen molar-refractivity contribution in [3.8, 4) is 5.75 Å². The van der Waals surface area contributed by atoms with Crippen LogP contribution >= 0.6 is 0 Å². The summed E-state index contributed by atoms with van der Waals surface area (Å²) in [6.07, 6.45) is 0.963. The molecule has 0 bridgehead atoms. The summed E-state index contributed by atoms with van der Waals surface area (Å²) in [5, 5.41) is 0. The molecule has 2 N–H and O–H groups in total. The Balaban J connectivity index is 2.10. The van der Waals surface area contributed by atoms with Crippen LogP contribution in [0.3, 0.4) is 0 Å². The Kier molecular flexibility index (Phi) is 4.37. The first kappa shape index (κ1) is 12.7. The highest BCUT2D eigenvalue weighted by Gasteiger charge is 2.10. The van der Waals surface area contributed by atoms with E-state index in [9.17, 15) is 0 Å². The zero-order valence-corrected chi connectivity index (χ0v) is 10.7. The van der Waals surface area contributed by atoms with E-state index in [2.05, 4.69) is 36.4 Å². The fourth-order valence-electron chi connectivity index (χ4n) is 2.11. The summed E-state index contributed by atoms with van der Waals surface area (Å²) in [4.78, 5) is 0. The predicted molar refractivity (Wildman–Crippen MR) is 74.9 cm³/mol. The highest BCUT2D eigenvalue weighted by molar-refractivity contribution is 5.29. The Labute approximate surface area is 108 Å². The molecule has 0 aliphatic carbocycles. The van der Waals surface area contributed by atoms with Crippen molar-refractivity contribution in [2.45, 2.75) is 12.3 Å². The van der Waals surface area contributed by atoms with E-state index in [1.54, 1.807) is 7.11 Å². The van der Waals surface area contributed by atoms with Crippen LogP contribution in [0.25, 0.3) is 0 Å². The number of hydrogen-bond donors (Lipinski definition) is 1. The molecular formula is C16H19NO. The van der Waals surface area contributed by atoms with Crippen molar-refractivity contribution >= 4 is 0 Å². The molecule has 0 saturated carbocycles. The second kappa shape index (κ2) is 6.22. The number of benzene rings is 2. The van der Waals surface area contributed by atoms with Crippen LogP contribution in [0.1, 0.15) is 17.0 Å². The lowest BCUT2D eigenvalue weighted by molar-refractivity contribution is 0.414.